The van der Waals surface area contributed by atoms with Crippen LogP contribution in [0.15, 0.2) is 18.2 Å². The van der Waals surface area contributed by atoms with Crippen molar-refractivity contribution < 1.29 is 23.8 Å². The van der Waals surface area contributed by atoms with E-state index in [0.29, 0.717) is 23.6 Å². The second-order valence-corrected chi connectivity index (χ2v) is 4.79. The molecule has 1 N–H and O–H groups in total. The maximum Gasteiger partial charge on any atom is 0.306 e. The first-order valence-electron chi connectivity index (χ1n) is 7.00. The van der Waals surface area contributed by atoms with Crippen LogP contribution in [0.5, 0.6) is 11.5 Å². The Labute approximate surface area is 123 Å². The molecular formula is C15H19NO5. The molecule has 1 heterocycles. The third kappa shape index (κ3) is 4.11. The van der Waals surface area contributed by atoms with Gasteiger partial charge in [-0.1, -0.05) is 13.3 Å². The van der Waals surface area contributed by atoms with Gasteiger partial charge in [0.25, 0.3) is 5.91 Å². The van der Waals surface area contributed by atoms with Gasteiger partial charge in [-0.05, 0) is 25.5 Å². The first-order chi connectivity index (χ1) is 10.1. The van der Waals surface area contributed by atoms with Crippen LogP contribution < -0.4 is 14.8 Å². The minimum absolute atomic E-state index is 0.179. The maximum atomic E-state index is 12.0. The van der Waals surface area contributed by atoms with E-state index in [-0.39, 0.29) is 18.7 Å². The first kappa shape index (κ1) is 15.2. The fourth-order valence-corrected chi connectivity index (χ4v) is 1.85. The average molecular weight is 293 g/mol. The van der Waals surface area contributed by atoms with Gasteiger partial charge in [-0.15, -0.1) is 0 Å². The van der Waals surface area contributed by atoms with Crippen LogP contribution in [0.2, 0.25) is 0 Å². The molecule has 6 heteroatoms. The van der Waals surface area contributed by atoms with Gasteiger partial charge >= 0.3 is 5.97 Å². The van der Waals surface area contributed by atoms with Crippen LogP contribution >= 0.6 is 0 Å². The smallest absolute Gasteiger partial charge is 0.306 e. The van der Waals surface area contributed by atoms with E-state index in [2.05, 4.69) is 5.32 Å². The Balaban J connectivity index is 1.87. The highest BCUT2D eigenvalue weighted by molar-refractivity contribution is 5.95. The largest absolute Gasteiger partial charge is 0.454 e. The quantitative estimate of drug-likeness (QED) is 0.816. The molecular weight excluding hydrogens is 274 g/mol. The summed E-state index contributed by atoms with van der Waals surface area (Å²) in [6, 6.07) is 5.10. The van der Waals surface area contributed by atoms with Crippen LogP contribution in [-0.4, -0.2) is 24.8 Å². The van der Waals surface area contributed by atoms with Gasteiger partial charge in [-0.25, -0.2) is 0 Å². The number of rotatable bonds is 6. The minimum Gasteiger partial charge on any atom is -0.454 e. The Bertz CT molecular complexity index is 529. The summed E-state index contributed by atoms with van der Waals surface area (Å²) in [7, 11) is 0. The Morgan fingerprint density at radius 1 is 1.33 bits per heavy atom. The normalized spacial score (nSPS) is 13.6. The second kappa shape index (κ2) is 6.97. The fraction of sp³-hybridized carbons (Fsp3) is 0.467. The number of esters is 1. The summed E-state index contributed by atoms with van der Waals surface area (Å²) in [5, 5.41) is 2.68. The van der Waals surface area contributed by atoms with Gasteiger partial charge in [0.1, 0.15) is 0 Å². The summed E-state index contributed by atoms with van der Waals surface area (Å²) in [6.45, 7) is 3.72. The number of carbonyl (C=O) groups is 2. The van der Waals surface area contributed by atoms with E-state index in [0.717, 1.165) is 12.8 Å². The highest BCUT2D eigenvalue weighted by Crippen LogP contribution is 2.34. The van der Waals surface area contributed by atoms with Crippen LogP contribution in [0.3, 0.4) is 0 Å². The van der Waals surface area contributed by atoms with Gasteiger partial charge in [0, 0.05) is 18.2 Å². The molecule has 21 heavy (non-hydrogen) atoms. The fourth-order valence-electron chi connectivity index (χ4n) is 1.85. The summed E-state index contributed by atoms with van der Waals surface area (Å²) in [5.41, 5.74) is 0.570. The number of ether oxygens (including phenoxy) is 3. The molecule has 0 aromatic heterocycles. The molecule has 1 atom stereocenters. The van der Waals surface area contributed by atoms with E-state index in [1.54, 1.807) is 25.1 Å². The van der Waals surface area contributed by atoms with Crippen molar-refractivity contribution in [2.24, 2.45) is 0 Å². The Kier molecular flexibility index (Phi) is 5.03. The van der Waals surface area contributed by atoms with Gasteiger partial charge < -0.3 is 19.5 Å². The van der Waals surface area contributed by atoms with E-state index < -0.39 is 6.10 Å². The van der Waals surface area contributed by atoms with E-state index in [4.69, 9.17) is 14.2 Å². The van der Waals surface area contributed by atoms with Crippen LogP contribution in [0.25, 0.3) is 0 Å². The molecule has 2 rings (SSSR count). The van der Waals surface area contributed by atoms with Crippen LogP contribution in [0.4, 0.5) is 5.69 Å². The number of unbranched alkanes of at least 4 members (excludes halogenated alkanes) is 1. The molecule has 0 saturated carbocycles. The van der Waals surface area contributed by atoms with Crippen molar-refractivity contribution in [1.29, 1.82) is 0 Å². The molecule has 0 saturated heterocycles. The summed E-state index contributed by atoms with van der Waals surface area (Å²) < 4.78 is 15.5. The number of anilines is 1. The molecule has 1 amide bonds. The zero-order valence-corrected chi connectivity index (χ0v) is 12.2. The Hall–Kier alpha value is -2.24. The third-order valence-corrected chi connectivity index (χ3v) is 3.05. The molecule has 1 aromatic carbocycles. The van der Waals surface area contributed by atoms with Gasteiger partial charge in [-0.2, -0.15) is 0 Å². The highest BCUT2D eigenvalue weighted by atomic mass is 16.7. The molecule has 0 spiro atoms. The molecule has 0 fully saturated rings. The number of fused-ring (bicyclic) bond motifs is 1. The van der Waals surface area contributed by atoms with Crippen molar-refractivity contribution in [1.82, 2.24) is 0 Å². The topological polar surface area (TPSA) is 73.9 Å². The van der Waals surface area contributed by atoms with Crippen molar-refractivity contribution in [3.63, 3.8) is 0 Å². The lowest BCUT2D eigenvalue weighted by molar-refractivity contribution is -0.153. The maximum absolute atomic E-state index is 12.0. The predicted molar refractivity (Wildman–Crippen MR) is 76.3 cm³/mol. The van der Waals surface area contributed by atoms with Crippen molar-refractivity contribution in [2.75, 3.05) is 12.1 Å². The number of nitrogens with one attached hydrogen (secondary N) is 1. The number of benzene rings is 1. The highest BCUT2D eigenvalue weighted by Gasteiger charge is 2.19. The third-order valence-electron chi connectivity index (χ3n) is 3.05. The molecule has 0 unspecified atom stereocenters. The predicted octanol–water partition coefficient (Wildman–Crippen LogP) is 2.48. The molecule has 0 bridgehead atoms. The van der Waals surface area contributed by atoms with E-state index in [9.17, 15) is 9.59 Å². The summed E-state index contributed by atoms with van der Waals surface area (Å²) in [6.07, 6.45) is 1.17. The molecule has 114 valence electrons. The zero-order chi connectivity index (χ0) is 15.2. The second-order valence-electron chi connectivity index (χ2n) is 4.79. The number of carbonyl (C=O) groups excluding carboxylic acids is 2. The van der Waals surface area contributed by atoms with E-state index in [1.165, 1.54) is 0 Å². The standard InChI is InChI=1S/C15H19NO5/c1-3-4-5-14(17)21-10(2)15(18)16-11-6-7-12-13(8-11)20-9-19-12/h6-8,10H,3-5,9H2,1-2H3,(H,16,18)/t10-/m0/s1. The Morgan fingerprint density at radius 3 is 2.86 bits per heavy atom. The number of hydrogen-bond donors (Lipinski definition) is 1. The van der Waals surface area contributed by atoms with Crippen molar-refractivity contribution in [3.8, 4) is 11.5 Å². The SMILES string of the molecule is CCCCC(=O)O[C@@H](C)C(=O)Nc1ccc2c(c1)OCO2. The lowest BCUT2D eigenvalue weighted by Gasteiger charge is -2.13. The minimum atomic E-state index is -0.834. The number of amides is 1. The molecule has 1 aliphatic heterocycles. The lowest BCUT2D eigenvalue weighted by Crippen LogP contribution is -2.29. The molecule has 1 aliphatic rings. The van der Waals surface area contributed by atoms with Gasteiger partial charge in [0.15, 0.2) is 17.6 Å². The van der Waals surface area contributed by atoms with Crippen molar-refractivity contribution >= 4 is 17.6 Å². The summed E-state index contributed by atoms with van der Waals surface area (Å²) in [5.74, 6) is 0.497. The summed E-state index contributed by atoms with van der Waals surface area (Å²) >= 11 is 0. The van der Waals surface area contributed by atoms with E-state index >= 15 is 0 Å². The van der Waals surface area contributed by atoms with Gasteiger partial charge in [-0.3, -0.25) is 9.59 Å². The monoisotopic (exact) mass is 293 g/mol. The van der Waals surface area contributed by atoms with Crippen LogP contribution in [0, 0.1) is 0 Å². The van der Waals surface area contributed by atoms with Crippen molar-refractivity contribution in [3.05, 3.63) is 18.2 Å². The van der Waals surface area contributed by atoms with Gasteiger partial charge in [0.05, 0.1) is 0 Å². The molecule has 6 nitrogen and oxygen atoms in total. The molecule has 0 radical (unpaired) electrons. The molecule has 1 aromatic rings. The summed E-state index contributed by atoms with van der Waals surface area (Å²) in [4.78, 5) is 23.4. The molecule has 0 aliphatic carbocycles. The first-order valence-corrected chi connectivity index (χ1v) is 7.00. The Morgan fingerprint density at radius 2 is 2.10 bits per heavy atom. The van der Waals surface area contributed by atoms with E-state index in [1.807, 2.05) is 6.92 Å². The number of hydrogen-bond acceptors (Lipinski definition) is 5. The van der Waals surface area contributed by atoms with Crippen molar-refractivity contribution in [2.45, 2.75) is 39.2 Å². The van der Waals surface area contributed by atoms with Crippen LogP contribution in [-0.2, 0) is 14.3 Å². The lowest BCUT2D eigenvalue weighted by atomic mass is 10.2. The van der Waals surface area contributed by atoms with Crippen LogP contribution in [0.1, 0.15) is 33.1 Å². The average Bonchev–Trinajstić information content (AvgIpc) is 2.92. The van der Waals surface area contributed by atoms with Gasteiger partial charge in [0.2, 0.25) is 6.79 Å². The zero-order valence-electron chi connectivity index (χ0n) is 12.2.